The van der Waals surface area contributed by atoms with Gasteiger partial charge in [-0.1, -0.05) is 18.2 Å². The molecule has 0 bridgehead atoms. The molecule has 26 heavy (non-hydrogen) atoms. The van der Waals surface area contributed by atoms with Crippen molar-refractivity contribution in [2.75, 3.05) is 31.7 Å². The molecule has 2 amide bonds. The molecule has 136 valence electrons. The van der Waals surface area contributed by atoms with Crippen LogP contribution in [0.3, 0.4) is 0 Å². The van der Waals surface area contributed by atoms with Crippen LogP contribution >= 0.6 is 0 Å². The standard InChI is InChI=1S/C20H22N2O4/c1-25-17-7-9-18(10-8-17)26-14-19(23)21-12-15-11-20(24)22(13-15)16-5-3-2-4-6-16/h2-10,15H,11-14H2,1H3,(H,21,23). The molecular weight excluding hydrogens is 332 g/mol. The molecule has 2 aromatic rings. The van der Waals surface area contributed by atoms with Gasteiger partial charge in [0.2, 0.25) is 5.91 Å². The van der Waals surface area contributed by atoms with Crippen LogP contribution in [0.2, 0.25) is 0 Å². The summed E-state index contributed by atoms with van der Waals surface area (Å²) in [4.78, 5) is 25.9. The molecule has 0 radical (unpaired) electrons. The highest BCUT2D eigenvalue weighted by Gasteiger charge is 2.30. The van der Waals surface area contributed by atoms with E-state index in [0.717, 1.165) is 11.4 Å². The summed E-state index contributed by atoms with van der Waals surface area (Å²) in [6.07, 6.45) is 0.439. The van der Waals surface area contributed by atoms with Crippen LogP contribution in [0.1, 0.15) is 6.42 Å². The quantitative estimate of drug-likeness (QED) is 0.828. The Bertz CT molecular complexity index is 746. The van der Waals surface area contributed by atoms with Crippen molar-refractivity contribution in [2.24, 2.45) is 5.92 Å². The number of hydrogen-bond donors (Lipinski definition) is 1. The second-order valence-corrected chi connectivity index (χ2v) is 6.18. The molecule has 1 fully saturated rings. The number of carbonyl (C=O) groups excluding carboxylic acids is 2. The molecule has 2 aromatic carbocycles. The number of benzene rings is 2. The Balaban J connectivity index is 1.42. The molecule has 1 atom stereocenters. The number of nitrogens with zero attached hydrogens (tertiary/aromatic N) is 1. The zero-order valence-electron chi connectivity index (χ0n) is 14.7. The normalized spacial score (nSPS) is 16.4. The van der Waals surface area contributed by atoms with Crippen molar-refractivity contribution in [3.8, 4) is 11.5 Å². The number of methoxy groups -OCH3 is 1. The van der Waals surface area contributed by atoms with Gasteiger partial charge < -0.3 is 19.7 Å². The molecule has 1 heterocycles. The van der Waals surface area contributed by atoms with E-state index < -0.39 is 0 Å². The first kappa shape index (κ1) is 17.8. The molecule has 6 nitrogen and oxygen atoms in total. The predicted molar refractivity (Wildman–Crippen MR) is 98.4 cm³/mol. The first-order chi connectivity index (χ1) is 12.7. The van der Waals surface area contributed by atoms with E-state index in [1.165, 1.54) is 0 Å². The Kier molecular flexibility index (Phi) is 5.73. The van der Waals surface area contributed by atoms with E-state index >= 15 is 0 Å². The van der Waals surface area contributed by atoms with E-state index in [4.69, 9.17) is 9.47 Å². The minimum atomic E-state index is -0.202. The fourth-order valence-electron chi connectivity index (χ4n) is 2.91. The molecule has 1 aliphatic rings. The highest BCUT2D eigenvalue weighted by Crippen LogP contribution is 2.24. The molecule has 0 spiro atoms. The van der Waals surface area contributed by atoms with Gasteiger partial charge in [-0.2, -0.15) is 0 Å². The van der Waals surface area contributed by atoms with Gasteiger partial charge in [0, 0.05) is 31.1 Å². The van der Waals surface area contributed by atoms with Gasteiger partial charge in [0.1, 0.15) is 11.5 Å². The molecule has 0 saturated carbocycles. The van der Waals surface area contributed by atoms with Gasteiger partial charge in [0.15, 0.2) is 6.61 Å². The first-order valence-corrected chi connectivity index (χ1v) is 8.54. The summed E-state index contributed by atoms with van der Waals surface area (Å²) in [6, 6.07) is 16.6. The molecule has 6 heteroatoms. The van der Waals surface area contributed by atoms with Crippen LogP contribution in [0, 0.1) is 5.92 Å². The molecular formula is C20H22N2O4. The second-order valence-electron chi connectivity index (χ2n) is 6.18. The minimum Gasteiger partial charge on any atom is -0.497 e. The predicted octanol–water partition coefficient (Wildman–Crippen LogP) is 2.24. The van der Waals surface area contributed by atoms with Crippen molar-refractivity contribution < 1.29 is 19.1 Å². The van der Waals surface area contributed by atoms with Gasteiger partial charge in [-0.25, -0.2) is 0 Å². The summed E-state index contributed by atoms with van der Waals surface area (Å²) in [6.45, 7) is 1.01. The average Bonchev–Trinajstić information content (AvgIpc) is 3.06. The van der Waals surface area contributed by atoms with Gasteiger partial charge in [-0.15, -0.1) is 0 Å². The Morgan fingerprint density at radius 2 is 1.81 bits per heavy atom. The maximum atomic E-state index is 12.2. The Morgan fingerprint density at radius 3 is 2.50 bits per heavy atom. The molecule has 0 aliphatic carbocycles. The summed E-state index contributed by atoms with van der Waals surface area (Å²) < 4.78 is 10.5. The number of amides is 2. The molecule has 1 aliphatic heterocycles. The third-order valence-electron chi connectivity index (χ3n) is 4.29. The summed E-state index contributed by atoms with van der Waals surface area (Å²) in [7, 11) is 1.59. The van der Waals surface area contributed by atoms with E-state index in [0.29, 0.717) is 25.3 Å². The summed E-state index contributed by atoms with van der Waals surface area (Å²) in [5.74, 6) is 1.33. The molecule has 1 N–H and O–H groups in total. The molecule has 3 rings (SSSR count). The van der Waals surface area contributed by atoms with Gasteiger partial charge in [0.25, 0.3) is 5.91 Å². The van der Waals surface area contributed by atoms with Crippen LogP contribution in [-0.4, -0.2) is 38.6 Å². The van der Waals surface area contributed by atoms with E-state index in [1.54, 1.807) is 36.3 Å². The number of nitrogens with one attached hydrogen (secondary N) is 1. The third kappa shape index (κ3) is 4.53. The van der Waals surface area contributed by atoms with Crippen LogP contribution in [0.15, 0.2) is 54.6 Å². The van der Waals surface area contributed by atoms with Crippen LogP contribution < -0.4 is 19.7 Å². The van der Waals surface area contributed by atoms with Crippen molar-refractivity contribution >= 4 is 17.5 Å². The zero-order valence-corrected chi connectivity index (χ0v) is 14.7. The van der Waals surface area contributed by atoms with Crippen molar-refractivity contribution in [1.29, 1.82) is 0 Å². The maximum absolute atomic E-state index is 12.2. The summed E-state index contributed by atoms with van der Waals surface area (Å²) >= 11 is 0. The smallest absolute Gasteiger partial charge is 0.257 e. The monoisotopic (exact) mass is 354 g/mol. The van der Waals surface area contributed by atoms with Crippen LogP contribution in [0.25, 0.3) is 0 Å². The highest BCUT2D eigenvalue weighted by molar-refractivity contribution is 5.95. The highest BCUT2D eigenvalue weighted by atomic mass is 16.5. The van der Waals surface area contributed by atoms with Gasteiger partial charge in [-0.3, -0.25) is 9.59 Å². The third-order valence-corrected chi connectivity index (χ3v) is 4.29. The van der Waals surface area contributed by atoms with Crippen LogP contribution in [-0.2, 0) is 9.59 Å². The molecule has 1 saturated heterocycles. The number of para-hydroxylation sites is 1. The van der Waals surface area contributed by atoms with Gasteiger partial charge in [-0.05, 0) is 36.4 Å². The number of anilines is 1. The van der Waals surface area contributed by atoms with Crippen molar-refractivity contribution in [2.45, 2.75) is 6.42 Å². The lowest BCUT2D eigenvalue weighted by atomic mass is 10.1. The maximum Gasteiger partial charge on any atom is 0.257 e. The van der Waals surface area contributed by atoms with Gasteiger partial charge >= 0.3 is 0 Å². The van der Waals surface area contributed by atoms with Crippen LogP contribution in [0.4, 0.5) is 5.69 Å². The van der Waals surface area contributed by atoms with Crippen molar-refractivity contribution in [3.05, 3.63) is 54.6 Å². The van der Waals surface area contributed by atoms with Crippen LogP contribution in [0.5, 0.6) is 11.5 Å². The number of hydrogen-bond acceptors (Lipinski definition) is 4. The molecule has 1 unspecified atom stereocenters. The number of carbonyl (C=O) groups is 2. The Labute approximate surface area is 152 Å². The summed E-state index contributed by atoms with van der Waals surface area (Å²) in [5, 5.41) is 2.84. The number of ether oxygens (including phenoxy) is 2. The minimum absolute atomic E-state index is 0.0601. The van der Waals surface area contributed by atoms with E-state index in [1.807, 2.05) is 30.3 Å². The Morgan fingerprint density at radius 1 is 1.12 bits per heavy atom. The van der Waals surface area contributed by atoms with E-state index in [2.05, 4.69) is 5.32 Å². The van der Waals surface area contributed by atoms with Crippen molar-refractivity contribution in [3.63, 3.8) is 0 Å². The molecule has 0 aromatic heterocycles. The topological polar surface area (TPSA) is 67.9 Å². The summed E-state index contributed by atoms with van der Waals surface area (Å²) in [5.41, 5.74) is 0.897. The SMILES string of the molecule is COc1ccc(OCC(=O)NCC2CC(=O)N(c3ccccc3)C2)cc1. The zero-order chi connectivity index (χ0) is 18.4. The number of rotatable bonds is 7. The average molecular weight is 354 g/mol. The lowest BCUT2D eigenvalue weighted by molar-refractivity contribution is -0.123. The lowest BCUT2D eigenvalue weighted by Gasteiger charge is -2.17. The second kappa shape index (κ2) is 8.38. The fraction of sp³-hybridized carbons (Fsp3) is 0.300. The lowest BCUT2D eigenvalue weighted by Crippen LogP contribution is -2.34. The fourth-order valence-corrected chi connectivity index (χ4v) is 2.91. The van der Waals surface area contributed by atoms with E-state index in [9.17, 15) is 9.59 Å². The van der Waals surface area contributed by atoms with Gasteiger partial charge in [0.05, 0.1) is 7.11 Å². The van der Waals surface area contributed by atoms with Crippen molar-refractivity contribution in [1.82, 2.24) is 5.32 Å². The Hall–Kier alpha value is -3.02. The largest absolute Gasteiger partial charge is 0.497 e. The first-order valence-electron chi connectivity index (χ1n) is 8.54. The van der Waals surface area contributed by atoms with E-state index in [-0.39, 0.29) is 24.3 Å².